The molecule has 0 aliphatic carbocycles. The maximum atomic E-state index is 5.93. The first-order valence-electron chi connectivity index (χ1n) is 7.32. The SMILES string of the molecule is CNC1COc2cc(OCC3CCC(C)(C)O3)ccc21. The number of benzene rings is 1. The Kier molecular flexibility index (Phi) is 3.61. The van der Waals surface area contributed by atoms with Crippen molar-refractivity contribution in [1.29, 1.82) is 0 Å². The molecule has 1 aromatic rings. The molecule has 2 unspecified atom stereocenters. The van der Waals surface area contributed by atoms with Gasteiger partial charge in [-0.05, 0) is 45.9 Å². The summed E-state index contributed by atoms with van der Waals surface area (Å²) in [7, 11) is 1.95. The van der Waals surface area contributed by atoms with Crippen molar-refractivity contribution >= 4 is 0 Å². The van der Waals surface area contributed by atoms with Gasteiger partial charge in [0.2, 0.25) is 0 Å². The first-order valence-corrected chi connectivity index (χ1v) is 7.32. The van der Waals surface area contributed by atoms with E-state index >= 15 is 0 Å². The first-order chi connectivity index (χ1) is 9.57. The van der Waals surface area contributed by atoms with Crippen molar-refractivity contribution in [3.8, 4) is 11.5 Å². The Morgan fingerprint density at radius 3 is 2.95 bits per heavy atom. The number of hydrogen-bond acceptors (Lipinski definition) is 4. The van der Waals surface area contributed by atoms with Gasteiger partial charge in [-0.25, -0.2) is 0 Å². The van der Waals surface area contributed by atoms with Crippen molar-refractivity contribution in [2.75, 3.05) is 20.3 Å². The lowest BCUT2D eigenvalue weighted by Crippen LogP contribution is -2.23. The summed E-state index contributed by atoms with van der Waals surface area (Å²) < 4.78 is 17.5. The predicted octanol–water partition coefficient (Wildman–Crippen LogP) is 2.68. The largest absolute Gasteiger partial charge is 0.491 e. The van der Waals surface area contributed by atoms with E-state index in [1.165, 1.54) is 5.56 Å². The zero-order valence-corrected chi connectivity index (χ0v) is 12.4. The average molecular weight is 277 g/mol. The Morgan fingerprint density at radius 1 is 1.40 bits per heavy atom. The third kappa shape index (κ3) is 2.76. The Labute approximate surface area is 120 Å². The number of ether oxygens (including phenoxy) is 3. The van der Waals surface area contributed by atoms with Gasteiger partial charge in [-0.2, -0.15) is 0 Å². The first kappa shape index (κ1) is 13.7. The molecule has 3 rings (SSSR count). The molecule has 2 heterocycles. The van der Waals surface area contributed by atoms with E-state index in [0.29, 0.717) is 13.2 Å². The lowest BCUT2D eigenvalue weighted by Gasteiger charge is -2.19. The summed E-state index contributed by atoms with van der Waals surface area (Å²) in [5.74, 6) is 1.78. The molecule has 1 fully saturated rings. The fourth-order valence-electron chi connectivity index (χ4n) is 2.90. The summed E-state index contributed by atoms with van der Waals surface area (Å²) in [6.45, 7) is 5.56. The second-order valence-corrected chi connectivity index (χ2v) is 6.20. The summed E-state index contributed by atoms with van der Waals surface area (Å²) in [6, 6.07) is 6.36. The molecular weight excluding hydrogens is 254 g/mol. The fourth-order valence-corrected chi connectivity index (χ4v) is 2.90. The predicted molar refractivity (Wildman–Crippen MR) is 77.4 cm³/mol. The van der Waals surface area contributed by atoms with E-state index < -0.39 is 0 Å². The number of nitrogens with one attached hydrogen (secondary N) is 1. The molecule has 0 aromatic heterocycles. The second kappa shape index (κ2) is 5.26. The van der Waals surface area contributed by atoms with Gasteiger partial charge in [0.1, 0.15) is 24.7 Å². The van der Waals surface area contributed by atoms with E-state index in [1.807, 2.05) is 19.2 Å². The molecule has 1 aromatic carbocycles. The van der Waals surface area contributed by atoms with E-state index in [1.54, 1.807) is 0 Å². The van der Waals surface area contributed by atoms with Crippen LogP contribution in [-0.2, 0) is 4.74 Å². The van der Waals surface area contributed by atoms with Crippen molar-refractivity contribution in [3.63, 3.8) is 0 Å². The summed E-state index contributed by atoms with van der Waals surface area (Å²) in [5, 5.41) is 3.24. The van der Waals surface area contributed by atoms with E-state index in [2.05, 4.69) is 25.2 Å². The molecule has 0 bridgehead atoms. The van der Waals surface area contributed by atoms with Gasteiger partial charge in [-0.3, -0.25) is 0 Å². The van der Waals surface area contributed by atoms with Gasteiger partial charge >= 0.3 is 0 Å². The van der Waals surface area contributed by atoms with Crippen LogP contribution in [0.3, 0.4) is 0 Å². The highest BCUT2D eigenvalue weighted by molar-refractivity contribution is 5.44. The van der Waals surface area contributed by atoms with E-state index in [0.717, 1.165) is 24.3 Å². The molecule has 2 aliphatic rings. The average Bonchev–Trinajstić information content (AvgIpc) is 2.98. The number of fused-ring (bicyclic) bond motifs is 1. The molecular formula is C16H23NO3. The maximum absolute atomic E-state index is 5.93. The van der Waals surface area contributed by atoms with Crippen LogP contribution in [-0.4, -0.2) is 32.0 Å². The third-order valence-electron chi connectivity index (χ3n) is 4.10. The van der Waals surface area contributed by atoms with Crippen molar-refractivity contribution in [2.45, 2.75) is 44.4 Å². The Balaban J connectivity index is 1.59. The van der Waals surface area contributed by atoms with Crippen LogP contribution in [0.5, 0.6) is 11.5 Å². The third-order valence-corrected chi connectivity index (χ3v) is 4.10. The van der Waals surface area contributed by atoms with E-state index in [-0.39, 0.29) is 17.7 Å². The van der Waals surface area contributed by atoms with Gasteiger partial charge in [0.15, 0.2) is 0 Å². The summed E-state index contributed by atoms with van der Waals surface area (Å²) in [4.78, 5) is 0. The van der Waals surface area contributed by atoms with Crippen LogP contribution in [0, 0.1) is 0 Å². The molecule has 1 N–H and O–H groups in total. The molecule has 1 saturated heterocycles. The monoisotopic (exact) mass is 277 g/mol. The van der Waals surface area contributed by atoms with Crippen molar-refractivity contribution in [1.82, 2.24) is 5.32 Å². The minimum atomic E-state index is -0.00487. The van der Waals surface area contributed by atoms with Crippen molar-refractivity contribution in [3.05, 3.63) is 23.8 Å². The van der Waals surface area contributed by atoms with Crippen LogP contribution in [0.4, 0.5) is 0 Å². The molecule has 4 heteroatoms. The second-order valence-electron chi connectivity index (χ2n) is 6.20. The van der Waals surface area contributed by atoms with Gasteiger partial charge in [0.05, 0.1) is 17.7 Å². The van der Waals surface area contributed by atoms with Crippen LogP contribution >= 0.6 is 0 Å². The number of hydrogen-bond donors (Lipinski definition) is 1. The van der Waals surface area contributed by atoms with Crippen molar-refractivity contribution in [2.24, 2.45) is 0 Å². The van der Waals surface area contributed by atoms with Gasteiger partial charge in [-0.15, -0.1) is 0 Å². The summed E-state index contributed by atoms with van der Waals surface area (Å²) in [6.07, 6.45) is 2.36. The lowest BCUT2D eigenvalue weighted by atomic mass is 10.1. The maximum Gasteiger partial charge on any atom is 0.127 e. The van der Waals surface area contributed by atoms with Gasteiger partial charge in [-0.1, -0.05) is 0 Å². The van der Waals surface area contributed by atoms with Crippen LogP contribution in [0.1, 0.15) is 38.3 Å². The minimum Gasteiger partial charge on any atom is -0.491 e. The Morgan fingerprint density at radius 2 is 2.25 bits per heavy atom. The minimum absolute atomic E-state index is 0.00487. The molecule has 0 radical (unpaired) electrons. The molecule has 0 spiro atoms. The number of likely N-dealkylation sites (N-methyl/N-ethyl adjacent to an activating group) is 1. The Hall–Kier alpha value is -1.26. The zero-order valence-electron chi connectivity index (χ0n) is 12.4. The van der Waals surface area contributed by atoms with Crippen LogP contribution < -0.4 is 14.8 Å². The number of rotatable bonds is 4. The standard InChI is InChI=1S/C16H23NO3/c1-16(2)7-6-12(20-16)9-18-11-4-5-13-14(17-3)10-19-15(13)8-11/h4-5,8,12,14,17H,6-7,9-10H2,1-3H3. The zero-order chi connectivity index (χ0) is 14.2. The lowest BCUT2D eigenvalue weighted by molar-refractivity contribution is -0.0326. The van der Waals surface area contributed by atoms with Crippen LogP contribution in [0.25, 0.3) is 0 Å². The quantitative estimate of drug-likeness (QED) is 0.918. The molecule has 4 nitrogen and oxygen atoms in total. The Bertz CT molecular complexity index is 487. The van der Waals surface area contributed by atoms with Gasteiger partial charge < -0.3 is 19.5 Å². The smallest absolute Gasteiger partial charge is 0.127 e. The normalized spacial score (nSPS) is 27.1. The molecule has 2 atom stereocenters. The fraction of sp³-hybridized carbons (Fsp3) is 0.625. The topological polar surface area (TPSA) is 39.7 Å². The summed E-state index contributed by atoms with van der Waals surface area (Å²) >= 11 is 0. The highest BCUT2D eigenvalue weighted by atomic mass is 16.6. The summed E-state index contributed by atoms with van der Waals surface area (Å²) in [5.41, 5.74) is 1.20. The van der Waals surface area contributed by atoms with Gasteiger partial charge in [0, 0.05) is 11.6 Å². The molecule has 2 aliphatic heterocycles. The highest BCUT2D eigenvalue weighted by Gasteiger charge is 2.32. The molecule has 110 valence electrons. The van der Waals surface area contributed by atoms with Crippen LogP contribution in [0.2, 0.25) is 0 Å². The molecule has 0 amide bonds. The van der Waals surface area contributed by atoms with Crippen LogP contribution in [0.15, 0.2) is 18.2 Å². The van der Waals surface area contributed by atoms with Gasteiger partial charge in [0.25, 0.3) is 0 Å². The van der Waals surface area contributed by atoms with E-state index in [9.17, 15) is 0 Å². The van der Waals surface area contributed by atoms with Crippen molar-refractivity contribution < 1.29 is 14.2 Å². The highest BCUT2D eigenvalue weighted by Crippen LogP contribution is 2.35. The molecule has 20 heavy (non-hydrogen) atoms. The molecule has 0 saturated carbocycles. The van der Waals surface area contributed by atoms with E-state index in [4.69, 9.17) is 14.2 Å².